The number of ether oxygens (including phenoxy) is 2. The van der Waals surface area contributed by atoms with Crippen molar-refractivity contribution in [3.63, 3.8) is 0 Å². The molecule has 4 aromatic rings. The van der Waals surface area contributed by atoms with Crippen LogP contribution in [0.4, 0.5) is 0 Å². The first kappa shape index (κ1) is 21.1. The number of hydrogen-bond donors (Lipinski definition) is 1. The molecule has 5 rings (SSSR count). The van der Waals surface area contributed by atoms with Crippen LogP contribution >= 0.6 is 0 Å². The molecule has 168 valence electrons. The zero-order valence-electron chi connectivity index (χ0n) is 18.6. The molecule has 0 unspecified atom stereocenters. The Hall–Kier alpha value is -3.77. The highest BCUT2D eigenvalue weighted by Gasteiger charge is 2.24. The number of benzene rings is 3. The first-order chi connectivity index (χ1) is 16.1. The van der Waals surface area contributed by atoms with Crippen molar-refractivity contribution < 1.29 is 23.8 Å². The van der Waals surface area contributed by atoms with Gasteiger partial charge in [-0.15, -0.1) is 0 Å². The molecule has 0 atom stereocenters. The Kier molecular flexibility index (Phi) is 5.52. The largest absolute Gasteiger partial charge is 0.508 e. The van der Waals surface area contributed by atoms with E-state index < -0.39 is 0 Å². The van der Waals surface area contributed by atoms with Crippen molar-refractivity contribution >= 4 is 16.8 Å². The summed E-state index contributed by atoms with van der Waals surface area (Å²) in [5, 5.41) is 11.4. The molecule has 33 heavy (non-hydrogen) atoms. The summed E-state index contributed by atoms with van der Waals surface area (Å²) >= 11 is 0. The van der Waals surface area contributed by atoms with Crippen molar-refractivity contribution in [2.24, 2.45) is 0 Å². The molecule has 6 nitrogen and oxygen atoms in total. The second-order valence-electron chi connectivity index (χ2n) is 8.21. The van der Waals surface area contributed by atoms with E-state index in [0.717, 1.165) is 19.5 Å². The third-order valence-corrected chi connectivity index (χ3v) is 6.30. The zero-order chi connectivity index (χ0) is 22.9. The molecule has 0 amide bonds. The van der Waals surface area contributed by atoms with Gasteiger partial charge in [0.15, 0.2) is 17.3 Å². The first-order valence-electron chi connectivity index (χ1n) is 10.9. The van der Waals surface area contributed by atoms with Gasteiger partial charge < -0.3 is 19.0 Å². The average molecular weight is 443 g/mol. The number of ketones is 1. The van der Waals surface area contributed by atoms with Gasteiger partial charge in [0.2, 0.25) is 0 Å². The van der Waals surface area contributed by atoms with Crippen LogP contribution in [0.1, 0.15) is 32.6 Å². The van der Waals surface area contributed by atoms with E-state index in [1.165, 1.54) is 24.5 Å². The van der Waals surface area contributed by atoms with Gasteiger partial charge in [-0.1, -0.05) is 24.3 Å². The summed E-state index contributed by atoms with van der Waals surface area (Å²) in [6, 6.07) is 16.8. The van der Waals surface area contributed by atoms with Crippen molar-refractivity contribution in [2.75, 3.05) is 20.8 Å². The molecule has 0 bridgehead atoms. The van der Waals surface area contributed by atoms with E-state index in [1.807, 2.05) is 0 Å². The number of phenolic OH excluding ortho intramolecular Hbond substituents is 1. The van der Waals surface area contributed by atoms with Crippen LogP contribution in [0.15, 0.2) is 65.3 Å². The lowest BCUT2D eigenvalue weighted by atomic mass is 9.96. The lowest BCUT2D eigenvalue weighted by molar-refractivity contribution is 0.103. The molecule has 3 aromatic carbocycles. The number of furan rings is 1. The minimum absolute atomic E-state index is 0.157. The van der Waals surface area contributed by atoms with E-state index >= 15 is 0 Å². The second kappa shape index (κ2) is 8.64. The Morgan fingerprint density at radius 3 is 2.61 bits per heavy atom. The number of methoxy groups -OCH3 is 2. The van der Waals surface area contributed by atoms with E-state index in [1.54, 1.807) is 37.4 Å². The maximum absolute atomic E-state index is 13.5. The van der Waals surface area contributed by atoms with Crippen molar-refractivity contribution in [2.45, 2.75) is 19.5 Å². The average Bonchev–Trinajstić information content (AvgIpc) is 3.29. The van der Waals surface area contributed by atoms with Gasteiger partial charge in [0.25, 0.3) is 0 Å². The van der Waals surface area contributed by atoms with E-state index in [4.69, 9.17) is 13.9 Å². The minimum atomic E-state index is -0.203. The molecule has 0 aliphatic carbocycles. The summed E-state index contributed by atoms with van der Waals surface area (Å²) < 4.78 is 16.4. The molecular formula is C27H25NO5. The van der Waals surface area contributed by atoms with Gasteiger partial charge in [-0.05, 0) is 47.9 Å². The first-order valence-corrected chi connectivity index (χ1v) is 10.9. The smallest absolute Gasteiger partial charge is 0.197 e. The third-order valence-electron chi connectivity index (χ3n) is 6.30. The molecular weight excluding hydrogens is 418 g/mol. The van der Waals surface area contributed by atoms with Gasteiger partial charge in [0.1, 0.15) is 17.6 Å². The van der Waals surface area contributed by atoms with Crippen LogP contribution in [0.2, 0.25) is 0 Å². The number of carbonyl (C=O) groups is 1. The van der Waals surface area contributed by atoms with Crippen LogP contribution in [-0.2, 0) is 19.5 Å². The van der Waals surface area contributed by atoms with Gasteiger partial charge >= 0.3 is 0 Å². The fourth-order valence-electron chi connectivity index (χ4n) is 4.56. The van der Waals surface area contributed by atoms with Gasteiger partial charge in [0, 0.05) is 36.1 Å². The topological polar surface area (TPSA) is 72.1 Å². The van der Waals surface area contributed by atoms with Crippen LogP contribution in [0, 0.1) is 0 Å². The molecule has 0 spiro atoms. The van der Waals surface area contributed by atoms with E-state index in [2.05, 4.69) is 29.2 Å². The molecule has 0 radical (unpaired) electrons. The molecule has 0 fully saturated rings. The van der Waals surface area contributed by atoms with Crippen LogP contribution < -0.4 is 9.47 Å². The summed E-state index contributed by atoms with van der Waals surface area (Å²) in [5.74, 6) is 0.982. The number of rotatable bonds is 6. The van der Waals surface area contributed by atoms with Crippen molar-refractivity contribution in [3.05, 3.63) is 88.7 Å². The predicted molar refractivity (Wildman–Crippen MR) is 125 cm³/mol. The van der Waals surface area contributed by atoms with Crippen LogP contribution in [0.5, 0.6) is 17.2 Å². The third kappa shape index (κ3) is 3.83. The minimum Gasteiger partial charge on any atom is -0.508 e. The number of aromatic hydroxyl groups is 1. The van der Waals surface area contributed by atoms with E-state index in [9.17, 15) is 9.90 Å². The molecule has 6 heteroatoms. The highest BCUT2D eigenvalue weighted by atomic mass is 16.5. The van der Waals surface area contributed by atoms with Gasteiger partial charge in [0.05, 0.1) is 19.8 Å². The number of nitrogens with zero attached hydrogens (tertiary/aromatic N) is 1. The number of fused-ring (bicyclic) bond motifs is 2. The van der Waals surface area contributed by atoms with Crippen molar-refractivity contribution in [1.29, 1.82) is 0 Å². The quantitative estimate of drug-likeness (QED) is 0.426. The highest BCUT2D eigenvalue weighted by Crippen LogP contribution is 2.36. The number of hydrogen-bond acceptors (Lipinski definition) is 6. The van der Waals surface area contributed by atoms with E-state index in [0.29, 0.717) is 45.7 Å². The Morgan fingerprint density at radius 2 is 1.82 bits per heavy atom. The SMILES string of the molecule is COc1ccc(C(=O)c2coc3ccc(O)c(CN4CCc5ccccc5C4)c23)cc1OC. The second-order valence-corrected chi connectivity index (χ2v) is 8.21. The van der Waals surface area contributed by atoms with Gasteiger partial charge in [-0.25, -0.2) is 0 Å². The molecule has 1 aliphatic rings. The summed E-state index contributed by atoms with van der Waals surface area (Å²) in [5.41, 5.74) is 4.80. The Morgan fingerprint density at radius 1 is 1.03 bits per heavy atom. The van der Waals surface area contributed by atoms with Crippen molar-refractivity contribution in [1.82, 2.24) is 4.90 Å². The Labute approximate surface area is 192 Å². The van der Waals surface area contributed by atoms with Crippen LogP contribution in [0.3, 0.4) is 0 Å². The summed E-state index contributed by atoms with van der Waals surface area (Å²) in [6.07, 6.45) is 2.42. The number of carbonyl (C=O) groups excluding carboxylic acids is 1. The summed E-state index contributed by atoms with van der Waals surface area (Å²) in [4.78, 5) is 15.7. The Balaban J connectivity index is 1.52. The summed E-state index contributed by atoms with van der Waals surface area (Å²) in [7, 11) is 3.09. The number of phenols is 1. The lowest BCUT2D eigenvalue weighted by Crippen LogP contribution is -2.30. The van der Waals surface area contributed by atoms with Crippen LogP contribution in [-0.4, -0.2) is 36.6 Å². The fourth-order valence-corrected chi connectivity index (χ4v) is 4.56. The molecule has 0 saturated heterocycles. The molecule has 0 saturated carbocycles. The zero-order valence-corrected chi connectivity index (χ0v) is 18.6. The van der Waals surface area contributed by atoms with Crippen LogP contribution in [0.25, 0.3) is 11.0 Å². The molecule has 2 heterocycles. The standard InChI is InChI=1S/C27H25NO5/c1-31-23-9-7-18(13-25(23)32-2)27(30)21-16-33-24-10-8-22(29)20(26(21)24)15-28-12-11-17-5-3-4-6-19(17)14-28/h3-10,13,16,29H,11-12,14-15H2,1-2H3. The molecule has 1 aliphatic heterocycles. The monoisotopic (exact) mass is 443 g/mol. The van der Waals surface area contributed by atoms with Gasteiger partial charge in [-0.2, -0.15) is 0 Å². The molecule has 1 aromatic heterocycles. The predicted octanol–water partition coefficient (Wildman–Crippen LogP) is 4.94. The Bertz CT molecular complexity index is 1340. The highest BCUT2D eigenvalue weighted by molar-refractivity contribution is 6.17. The van der Waals surface area contributed by atoms with E-state index in [-0.39, 0.29) is 11.5 Å². The maximum atomic E-state index is 13.5. The fraction of sp³-hybridized carbons (Fsp3) is 0.222. The maximum Gasteiger partial charge on any atom is 0.197 e. The molecule has 1 N–H and O–H groups in total. The lowest BCUT2D eigenvalue weighted by Gasteiger charge is -2.29. The van der Waals surface area contributed by atoms with Crippen molar-refractivity contribution in [3.8, 4) is 17.2 Å². The van der Waals surface area contributed by atoms with Gasteiger partial charge in [-0.3, -0.25) is 9.69 Å². The summed E-state index contributed by atoms with van der Waals surface area (Å²) in [6.45, 7) is 2.19. The normalized spacial score (nSPS) is 13.6.